The molecule has 53 heavy (non-hydrogen) atoms. The SMILES string of the molecule is CC(C)(C)CC(C)(C)c1cc(Cc2cc(C(C)(C)CC(C)(C)C)cc(/N=N/c3ccccc3[N+](=O)[O-])c2O)c(O)c(/N=N/c2ccccc2[N+](=O)[O-])c1. The van der Waals surface area contributed by atoms with Crippen LogP contribution >= 0.6 is 0 Å². The fourth-order valence-electron chi connectivity index (χ4n) is 7.24. The minimum absolute atomic E-state index is 0.0397. The van der Waals surface area contributed by atoms with Crippen LogP contribution in [0.2, 0.25) is 0 Å². The van der Waals surface area contributed by atoms with Crippen LogP contribution in [0.1, 0.15) is 104 Å². The number of azo groups is 2. The van der Waals surface area contributed by atoms with Crippen molar-refractivity contribution in [1.29, 1.82) is 0 Å². The molecule has 4 rings (SSSR count). The molecule has 0 radical (unpaired) electrons. The highest BCUT2D eigenvalue weighted by atomic mass is 16.6. The second-order valence-corrected chi connectivity index (χ2v) is 17.3. The van der Waals surface area contributed by atoms with E-state index < -0.39 is 20.7 Å². The monoisotopic (exact) mass is 722 g/mol. The van der Waals surface area contributed by atoms with Crippen LogP contribution in [0.3, 0.4) is 0 Å². The third-order valence-electron chi connectivity index (χ3n) is 8.91. The molecule has 0 spiro atoms. The van der Waals surface area contributed by atoms with Crippen molar-refractivity contribution in [3.8, 4) is 11.5 Å². The van der Waals surface area contributed by atoms with E-state index in [1.54, 1.807) is 36.4 Å². The Bertz CT molecular complexity index is 1930. The van der Waals surface area contributed by atoms with Crippen LogP contribution < -0.4 is 0 Å². The molecule has 0 aliphatic carbocycles. The number of phenolic OH excluding ortho intramolecular Hbond substituents is 2. The maximum Gasteiger partial charge on any atom is 0.296 e. The van der Waals surface area contributed by atoms with E-state index in [4.69, 9.17) is 0 Å². The molecule has 0 heterocycles. The lowest BCUT2D eigenvalue weighted by atomic mass is 9.71. The van der Waals surface area contributed by atoms with Gasteiger partial charge in [0, 0.05) is 29.7 Å². The van der Waals surface area contributed by atoms with Crippen LogP contribution in [-0.4, -0.2) is 20.1 Å². The van der Waals surface area contributed by atoms with Gasteiger partial charge in [-0.05, 0) is 69.9 Å². The third kappa shape index (κ3) is 10.3. The average molecular weight is 723 g/mol. The van der Waals surface area contributed by atoms with Crippen LogP contribution in [0.5, 0.6) is 11.5 Å². The smallest absolute Gasteiger partial charge is 0.296 e. The fraction of sp³-hybridized carbons (Fsp3) is 0.415. The summed E-state index contributed by atoms with van der Waals surface area (Å²) in [6, 6.07) is 19.3. The van der Waals surface area contributed by atoms with Gasteiger partial charge in [-0.1, -0.05) is 106 Å². The lowest BCUT2D eigenvalue weighted by molar-refractivity contribution is -0.384. The first-order valence-electron chi connectivity index (χ1n) is 17.5. The van der Waals surface area contributed by atoms with E-state index in [1.807, 2.05) is 12.1 Å². The molecule has 0 fully saturated rings. The predicted octanol–water partition coefficient (Wildman–Crippen LogP) is 12.8. The minimum Gasteiger partial charge on any atom is -0.505 e. The summed E-state index contributed by atoms with van der Waals surface area (Å²) in [6.07, 6.45) is 1.62. The molecule has 0 atom stereocenters. The Morgan fingerprint density at radius 2 is 0.849 bits per heavy atom. The number of aromatic hydroxyl groups is 2. The van der Waals surface area contributed by atoms with Crippen molar-refractivity contribution < 1.29 is 20.1 Å². The van der Waals surface area contributed by atoms with Crippen LogP contribution in [0.15, 0.2) is 93.3 Å². The number of para-hydroxylation sites is 2. The Morgan fingerprint density at radius 1 is 0.528 bits per heavy atom. The van der Waals surface area contributed by atoms with Crippen molar-refractivity contribution in [1.82, 2.24) is 0 Å². The van der Waals surface area contributed by atoms with Crippen LogP contribution in [0, 0.1) is 31.1 Å². The highest BCUT2D eigenvalue weighted by Crippen LogP contribution is 2.46. The predicted molar refractivity (Wildman–Crippen MR) is 208 cm³/mol. The minimum atomic E-state index is -0.537. The Hall–Kier alpha value is -5.52. The Labute approximate surface area is 311 Å². The third-order valence-corrected chi connectivity index (χ3v) is 8.91. The summed E-state index contributed by atoms with van der Waals surface area (Å²) in [5.74, 6) is -0.381. The van der Waals surface area contributed by atoms with Gasteiger partial charge >= 0.3 is 0 Å². The normalized spacial score (nSPS) is 12.9. The van der Waals surface area contributed by atoms with Crippen molar-refractivity contribution in [2.45, 2.75) is 99.3 Å². The fourth-order valence-corrected chi connectivity index (χ4v) is 7.24. The van der Waals surface area contributed by atoms with Gasteiger partial charge in [0.1, 0.15) is 22.9 Å². The van der Waals surface area contributed by atoms with E-state index in [2.05, 4.69) is 89.7 Å². The summed E-state index contributed by atoms with van der Waals surface area (Å²) in [6.45, 7) is 21.3. The highest BCUT2D eigenvalue weighted by molar-refractivity contribution is 5.65. The summed E-state index contributed by atoms with van der Waals surface area (Å²) in [5, 5.41) is 63.8. The first-order chi connectivity index (χ1) is 24.5. The quantitative estimate of drug-likeness (QED) is 0.0834. The van der Waals surface area contributed by atoms with E-state index in [0.717, 1.165) is 24.0 Å². The van der Waals surface area contributed by atoms with Crippen molar-refractivity contribution in [2.75, 3.05) is 0 Å². The lowest BCUT2D eigenvalue weighted by Crippen LogP contribution is -2.25. The van der Waals surface area contributed by atoms with E-state index in [-0.39, 0.29) is 62.9 Å². The second-order valence-electron chi connectivity index (χ2n) is 17.3. The molecule has 4 aromatic carbocycles. The number of nitro groups is 2. The summed E-state index contributed by atoms with van der Waals surface area (Å²) in [7, 11) is 0. The van der Waals surface area contributed by atoms with Gasteiger partial charge in [-0.25, -0.2) is 0 Å². The number of hydrogen-bond acceptors (Lipinski definition) is 10. The summed E-state index contributed by atoms with van der Waals surface area (Å²) in [4.78, 5) is 22.3. The maximum atomic E-state index is 11.7. The number of hydrogen-bond donors (Lipinski definition) is 2. The molecule has 12 nitrogen and oxygen atoms in total. The number of benzene rings is 4. The zero-order chi connectivity index (χ0) is 39.5. The molecule has 0 unspecified atom stereocenters. The summed E-state index contributed by atoms with van der Waals surface area (Å²) < 4.78 is 0. The topological polar surface area (TPSA) is 176 Å². The molecular weight excluding hydrogens is 672 g/mol. The standard InChI is InChI=1S/C41H50N6O6/c1-38(2,3)24-40(7,8)28-20-26(36(48)32(22-28)44-42-30-15-11-13-17-34(30)46(50)51)19-27-21-29(41(9,10)25-39(4,5)6)23-33(37(27)49)45-43-31-16-12-14-18-35(31)47(52)53/h11-18,20-23,48-49H,19,24-25H2,1-10H3/b44-42+,45-43+. The molecule has 0 aliphatic heterocycles. The average Bonchev–Trinajstić information content (AvgIpc) is 3.03. The number of rotatable bonds is 12. The number of nitrogens with zero attached hydrogens (tertiary/aromatic N) is 6. The molecule has 4 aromatic rings. The van der Waals surface area contributed by atoms with E-state index in [1.165, 1.54) is 24.3 Å². The van der Waals surface area contributed by atoms with Gasteiger partial charge in [-0.3, -0.25) is 20.2 Å². The van der Waals surface area contributed by atoms with Crippen molar-refractivity contribution >= 4 is 34.1 Å². The summed E-state index contributed by atoms with van der Waals surface area (Å²) >= 11 is 0. The first-order valence-corrected chi connectivity index (χ1v) is 17.5. The van der Waals surface area contributed by atoms with Gasteiger partial charge in [-0.15, -0.1) is 20.5 Å². The largest absolute Gasteiger partial charge is 0.505 e. The van der Waals surface area contributed by atoms with Crippen LogP contribution in [0.25, 0.3) is 0 Å². The van der Waals surface area contributed by atoms with Crippen molar-refractivity contribution in [3.05, 3.63) is 115 Å². The van der Waals surface area contributed by atoms with Gasteiger partial charge in [0.05, 0.1) is 9.85 Å². The van der Waals surface area contributed by atoms with Gasteiger partial charge in [0.25, 0.3) is 11.4 Å². The first kappa shape index (κ1) is 40.3. The zero-order valence-electron chi connectivity index (χ0n) is 32.3. The van der Waals surface area contributed by atoms with Crippen LogP contribution in [0.4, 0.5) is 34.1 Å². The van der Waals surface area contributed by atoms with Crippen molar-refractivity contribution in [2.24, 2.45) is 31.3 Å². The molecule has 2 N–H and O–H groups in total. The maximum absolute atomic E-state index is 11.7. The number of phenols is 2. The Morgan fingerprint density at radius 3 is 1.17 bits per heavy atom. The summed E-state index contributed by atoms with van der Waals surface area (Å²) in [5.41, 5.74) is 1.61. The molecule has 0 amide bonds. The van der Waals surface area contributed by atoms with Gasteiger partial charge in [-0.2, -0.15) is 0 Å². The highest BCUT2D eigenvalue weighted by Gasteiger charge is 2.31. The lowest BCUT2D eigenvalue weighted by Gasteiger charge is -2.34. The van der Waals surface area contributed by atoms with Gasteiger partial charge in [0.2, 0.25) is 0 Å². The van der Waals surface area contributed by atoms with E-state index >= 15 is 0 Å². The number of nitro benzene ring substituents is 2. The molecule has 0 aromatic heterocycles. The molecular formula is C41H50N6O6. The van der Waals surface area contributed by atoms with E-state index in [0.29, 0.717) is 11.1 Å². The van der Waals surface area contributed by atoms with Crippen LogP contribution in [-0.2, 0) is 17.3 Å². The van der Waals surface area contributed by atoms with E-state index in [9.17, 15) is 30.4 Å². The Kier molecular flexibility index (Phi) is 11.6. The molecule has 0 aliphatic rings. The molecule has 280 valence electrons. The molecule has 0 bridgehead atoms. The molecule has 0 saturated heterocycles. The molecule has 0 saturated carbocycles. The Balaban J connectivity index is 1.94. The van der Waals surface area contributed by atoms with Gasteiger partial charge in [0.15, 0.2) is 11.4 Å². The van der Waals surface area contributed by atoms with Crippen molar-refractivity contribution in [3.63, 3.8) is 0 Å². The second kappa shape index (κ2) is 15.2. The molecule has 12 heteroatoms. The van der Waals surface area contributed by atoms with Gasteiger partial charge < -0.3 is 10.2 Å². The zero-order valence-corrected chi connectivity index (χ0v) is 32.3.